The Balaban J connectivity index is 1.09. The third kappa shape index (κ3) is 6.50. The van der Waals surface area contributed by atoms with Crippen LogP contribution in [0.2, 0.25) is 10.0 Å². The molecule has 3 aliphatic rings. The van der Waals surface area contributed by atoms with Crippen molar-refractivity contribution in [3.05, 3.63) is 69.4 Å². The van der Waals surface area contributed by atoms with E-state index in [1.807, 2.05) is 23.1 Å². The van der Waals surface area contributed by atoms with Gasteiger partial charge in [-0.1, -0.05) is 59.9 Å². The highest BCUT2D eigenvalue weighted by Crippen LogP contribution is 2.47. The van der Waals surface area contributed by atoms with Crippen molar-refractivity contribution < 1.29 is 18.8 Å². The first-order valence-electron chi connectivity index (χ1n) is 15.5. The van der Waals surface area contributed by atoms with Crippen molar-refractivity contribution in [2.24, 2.45) is 17.8 Å². The Morgan fingerprint density at radius 3 is 2.42 bits per heavy atom. The lowest BCUT2D eigenvalue weighted by atomic mass is 9.63. The van der Waals surface area contributed by atoms with Gasteiger partial charge in [0.05, 0.1) is 23.3 Å². The minimum atomic E-state index is -0.102. The molecule has 3 unspecified atom stereocenters. The van der Waals surface area contributed by atoms with Gasteiger partial charge in [-0.25, -0.2) is 0 Å². The van der Waals surface area contributed by atoms with Crippen LogP contribution in [0.3, 0.4) is 0 Å². The van der Waals surface area contributed by atoms with Crippen LogP contribution in [0.5, 0.6) is 0 Å². The molecule has 1 saturated heterocycles. The molecule has 3 aromatic rings. The predicted molar refractivity (Wildman–Crippen MR) is 168 cm³/mol. The summed E-state index contributed by atoms with van der Waals surface area (Å²) >= 11 is 13.0. The molecule has 2 heterocycles. The molecule has 0 spiro atoms. The van der Waals surface area contributed by atoms with Gasteiger partial charge in [0.15, 0.2) is 0 Å². The molecule has 1 aliphatic heterocycles. The summed E-state index contributed by atoms with van der Waals surface area (Å²) in [7, 11) is 0. The van der Waals surface area contributed by atoms with E-state index >= 15 is 0 Å². The van der Waals surface area contributed by atoms with Crippen LogP contribution in [0.1, 0.15) is 81.1 Å². The van der Waals surface area contributed by atoms with Crippen LogP contribution in [-0.2, 0) is 20.9 Å². The predicted octanol–water partition coefficient (Wildman–Crippen LogP) is 8.07. The van der Waals surface area contributed by atoms with E-state index < -0.39 is 0 Å². The quantitative estimate of drug-likeness (QED) is 0.247. The van der Waals surface area contributed by atoms with Crippen LogP contribution >= 0.6 is 23.2 Å². The van der Waals surface area contributed by atoms with E-state index in [0.29, 0.717) is 52.3 Å². The third-order valence-corrected chi connectivity index (χ3v) is 10.2. The second-order valence-corrected chi connectivity index (χ2v) is 13.2. The molecule has 43 heavy (non-hydrogen) atoms. The molecule has 228 valence electrons. The molecular weight excluding hydrogens is 585 g/mol. The zero-order valence-corrected chi connectivity index (χ0v) is 26.3. The van der Waals surface area contributed by atoms with Crippen molar-refractivity contribution in [1.82, 2.24) is 10.1 Å². The number of hydrogen-bond acceptors (Lipinski definition) is 5. The molecule has 2 aliphatic carbocycles. The minimum Gasteiger partial charge on any atom is -0.376 e. The second-order valence-electron chi connectivity index (χ2n) is 12.3. The number of ether oxygens (including phenoxy) is 1. The molecule has 9 heteroatoms. The van der Waals surface area contributed by atoms with Gasteiger partial charge in [0.2, 0.25) is 11.8 Å². The zero-order chi connectivity index (χ0) is 30.1. The largest absolute Gasteiger partial charge is 0.376 e. The number of hydrogen-bond donors (Lipinski definition) is 1. The van der Waals surface area contributed by atoms with E-state index in [4.69, 9.17) is 32.5 Å². The average molecular weight is 625 g/mol. The Hall–Kier alpha value is -2.87. The Morgan fingerprint density at radius 1 is 1.02 bits per heavy atom. The molecule has 3 atom stereocenters. The second kappa shape index (κ2) is 13.0. The number of nitrogens with one attached hydrogen (secondary N) is 1. The molecule has 0 radical (unpaired) electrons. The first-order valence-corrected chi connectivity index (χ1v) is 16.3. The summed E-state index contributed by atoms with van der Waals surface area (Å²) in [5, 5.41) is 8.62. The summed E-state index contributed by atoms with van der Waals surface area (Å²) in [6, 6.07) is 13.6. The van der Waals surface area contributed by atoms with Crippen LogP contribution in [0.25, 0.3) is 11.3 Å². The minimum absolute atomic E-state index is 0.0578. The van der Waals surface area contributed by atoms with Gasteiger partial charge >= 0.3 is 0 Å². The highest BCUT2D eigenvalue weighted by Gasteiger charge is 2.44. The fraction of sp³-hybridized carbons (Fsp3) is 0.500. The van der Waals surface area contributed by atoms with E-state index in [-0.39, 0.29) is 23.7 Å². The highest BCUT2D eigenvalue weighted by molar-refractivity contribution is 6.39. The maximum atomic E-state index is 13.6. The fourth-order valence-electron chi connectivity index (χ4n) is 6.88. The van der Waals surface area contributed by atoms with E-state index in [0.717, 1.165) is 68.6 Å². The normalized spacial score (nSPS) is 22.3. The van der Waals surface area contributed by atoms with Crippen LogP contribution in [0.4, 0.5) is 5.69 Å². The standard InChI is InChI=1S/C34H39Cl2N3O4/c1-3-21-16-25(18-42-19-27-32(38-43-33(27)23-10-11-23)31-28(35)8-5-9-29(31)36)30(21)34(41)37-26-7-4-6-24(17-26)22-12-14-39(15-13-22)20(2)40/h4-9,17,21-23,25,30H,3,10-16,18-19H2,1-2H3,(H,37,41). The topological polar surface area (TPSA) is 84.7 Å². The number of carbonyl (C=O) groups is 2. The summed E-state index contributed by atoms with van der Waals surface area (Å²) < 4.78 is 12.1. The molecular formula is C34H39Cl2N3O4. The first kappa shape index (κ1) is 30.2. The summed E-state index contributed by atoms with van der Waals surface area (Å²) in [6.07, 6.45) is 5.94. The van der Waals surface area contributed by atoms with Gasteiger partial charge in [-0.3, -0.25) is 9.59 Å². The number of aromatic nitrogens is 1. The average Bonchev–Trinajstić information content (AvgIpc) is 3.75. The number of halogens is 2. The molecule has 0 bridgehead atoms. The first-order chi connectivity index (χ1) is 20.8. The van der Waals surface area contributed by atoms with Crippen LogP contribution in [0, 0.1) is 17.8 Å². The van der Waals surface area contributed by atoms with Gasteiger partial charge in [0.1, 0.15) is 11.5 Å². The maximum Gasteiger partial charge on any atom is 0.228 e. The summed E-state index contributed by atoms with van der Waals surface area (Å²) in [5.74, 6) is 2.17. The number of carbonyl (C=O) groups excluding carboxylic acids is 2. The number of benzene rings is 2. The van der Waals surface area contributed by atoms with Crippen molar-refractivity contribution in [1.29, 1.82) is 0 Å². The smallest absolute Gasteiger partial charge is 0.228 e. The molecule has 1 aromatic heterocycles. The van der Waals surface area contributed by atoms with Crippen molar-refractivity contribution in [3.8, 4) is 11.3 Å². The van der Waals surface area contributed by atoms with Crippen molar-refractivity contribution in [2.45, 2.75) is 70.8 Å². The van der Waals surface area contributed by atoms with Crippen LogP contribution < -0.4 is 5.32 Å². The monoisotopic (exact) mass is 623 g/mol. The van der Waals surface area contributed by atoms with Crippen molar-refractivity contribution in [2.75, 3.05) is 25.0 Å². The Bertz CT molecular complexity index is 1460. The highest BCUT2D eigenvalue weighted by atomic mass is 35.5. The number of piperidine rings is 1. The van der Waals surface area contributed by atoms with E-state index in [1.165, 1.54) is 5.56 Å². The van der Waals surface area contributed by atoms with Crippen LogP contribution in [0.15, 0.2) is 47.0 Å². The number of likely N-dealkylation sites (tertiary alicyclic amines) is 1. The number of anilines is 1. The van der Waals surface area contributed by atoms with E-state index in [2.05, 4.69) is 29.5 Å². The van der Waals surface area contributed by atoms with Gasteiger partial charge in [0.25, 0.3) is 0 Å². The van der Waals surface area contributed by atoms with Crippen LogP contribution in [-0.4, -0.2) is 41.6 Å². The number of nitrogens with zero attached hydrogens (tertiary/aromatic N) is 2. The SMILES string of the molecule is CCC1CC(COCc2c(-c3c(Cl)cccc3Cl)noc2C2CC2)C1C(=O)Nc1cccc(C2CCN(C(C)=O)CC2)c1. The number of amides is 2. The molecule has 2 amide bonds. The number of rotatable bonds is 10. The van der Waals surface area contributed by atoms with Gasteiger partial charge in [-0.15, -0.1) is 0 Å². The lowest BCUT2D eigenvalue weighted by Crippen LogP contribution is -2.46. The van der Waals surface area contributed by atoms with Gasteiger partial charge in [0, 0.05) is 48.7 Å². The maximum absolute atomic E-state index is 13.6. The summed E-state index contributed by atoms with van der Waals surface area (Å²) in [4.78, 5) is 27.2. The molecule has 1 N–H and O–H groups in total. The lowest BCUT2D eigenvalue weighted by Gasteiger charge is -2.43. The summed E-state index contributed by atoms with van der Waals surface area (Å²) in [5.41, 5.74) is 4.25. The zero-order valence-electron chi connectivity index (χ0n) is 24.8. The molecule has 2 saturated carbocycles. The molecule has 7 nitrogen and oxygen atoms in total. The van der Waals surface area contributed by atoms with Crippen molar-refractivity contribution >= 4 is 40.7 Å². The van der Waals surface area contributed by atoms with Gasteiger partial charge in [-0.2, -0.15) is 0 Å². The Morgan fingerprint density at radius 2 is 1.74 bits per heavy atom. The molecule has 3 fully saturated rings. The van der Waals surface area contributed by atoms with Gasteiger partial charge in [-0.05, 0) is 79.7 Å². The third-order valence-electron chi connectivity index (χ3n) is 9.56. The Kier molecular flexibility index (Phi) is 9.13. The molecule has 6 rings (SSSR count). The van der Waals surface area contributed by atoms with Crippen molar-refractivity contribution in [3.63, 3.8) is 0 Å². The lowest BCUT2D eigenvalue weighted by molar-refractivity contribution is -0.132. The van der Waals surface area contributed by atoms with E-state index in [9.17, 15) is 9.59 Å². The summed E-state index contributed by atoms with van der Waals surface area (Å²) in [6.45, 7) is 6.15. The van der Waals surface area contributed by atoms with E-state index in [1.54, 1.807) is 19.1 Å². The fourth-order valence-corrected chi connectivity index (χ4v) is 7.45. The Labute approximate surface area is 263 Å². The van der Waals surface area contributed by atoms with Gasteiger partial charge < -0.3 is 19.5 Å². The molecule has 2 aromatic carbocycles.